The predicted molar refractivity (Wildman–Crippen MR) is 67.7 cm³/mol. The van der Waals surface area contributed by atoms with Gasteiger partial charge in [0.15, 0.2) is 5.69 Å². The maximum atomic E-state index is 12.4. The number of hydrogen-bond acceptors (Lipinski definition) is 4. The molecule has 0 spiro atoms. The van der Waals surface area contributed by atoms with Gasteiger partial charge in [-0.15, -0.1) is 11.3 Å². The molecule has 1 fully saturated rings. The van der Waals surface area contributed by atoms with Crippen LogP contribution in [0.25, 0.3) is 0 Å². The maximum Gasteiger partial charge on any atom is 0.434 e. The number of hydrogen-bond donors (Lipinski definition) is 0. The van der Waals surface area contributed by atoms with Crippen LogP contribution in [-0.4, -0.2) is 34.7 Å². The lowest BCUT2D eigenvalue weighted by molar-refractivity contribution is -0.140. The maximum absolute atomic E-state index is 12.4. The van der Waals surface area contributed by atoms with Gasteiger partial charge in [0, 0.05) is 24.4 Å². The van der Waals surface area contributed by atoms with E-state index < -0.39 is 23.6 Å². The summed E-state index contributed by atoms with van der Waals surface area (Å²) in [5.74, 6) is -0.136. The Hall–Kier alpha value is -1.31. The molecule has 1 aliphatic heterocycles. The molecule has 0 aliphatic carbocycles. The Morgan fingerprint density at radius 1 is 1.40 bits per heavy atom. The number of thiazole rings is 1. The number of amides is 1. The fourth-order valence-corrected chi connectivity index (χ4v) is 2.63. The lowest BCUT2D eigenvalue weighted by Gasteiger charge is -2.38. The highest BCUT2D eigenvalue weighted by Gasteiger charge is 2.39. The van der Waals surface area contributed by atoms with Crippen LogP contribution < -0.4 is 0 Å². The van der Waals surface area contributed by atoms with E-state index >= 15 is 0 Å². The molecule has 0 bridgehead atoms. The van der Waals surface area contributed by atoms with Crippen LogP contribution >= 0.6 is 11.3 Å². The van der Waals surface area contributed by atoms with Crippen molar-refractivity contribution < 1.29 is 22.7 Å². The molecule has 0 N–H and O–H groups in total. The van der Waals surface area contributed by atoms with E-state index in [0.29, 0.717) is 18.1 Å². The molecule has 0 aromatic carbocycles. The summed E-state index contributed by atoms with van der Waals surface area (Å²) < 4.78 is 42.5. The Bertz CT molecular complexity index is 502. The van der Waals surface area contributed by atoms with Crippen molar-refractivity contribution >= 4 is 17.4 Å². The molecule has 2 heterocycles. The third kappa shape index (κ3) is 3.41. The zero-order valence-electron chi connectivity index (χ0n) is 11.3. The summed E-state index contributed by atoms with van der Waals surface area (Å²) in [6, 6.07) is 0. The standard InChI is InChI=1S/C12H15F3N2O2S/c1-11(2,3)19-10(18)17-4-7(5-17)9-16-8(6-20-9)12(13,14)15/h6-7H,4-5H2,1-3H3. The van der Waals surface area contributed by atoms with Crippen LogP contribution in [0.2, 0.25) is 0 Å². The van der Waals surface area contributed by atoms with Gasteiger partial charge >= 0.3 is 12.3 Å². The van der Waals surface area contributed by atoms with Gasteiger partial charge in [-0.1, -0.05) is 0 Å². The highest BCUT2D eigenvalue weighted by atomic mass is 32.1. The Balaban J connectivity index is 1.90. The van der Waals surface area contributed by atoms with Gasteiger partial charge in [-0.05, 0) is 20.8 Å². The van der Waals surface area contributed by atoms with Crippen LogP contribution in [0.5, 0.6) is 0 Å². The van der Waals surface area contributed by atoms with Crippen molar-refractivity contribution in [2.75, 3.05) is 13.1 Å². The summed E-state index contributed by atoms with van der Waals surface area (Å²) in [7, 11) is 0. The van der Waals surface area contributed by atoms with Crippen LogP contribution in [-0.2, 0) is 10.9 Å². The minimum absolute atomic E-state index is 0.136. The van der Waals surface area contributed by atoms with Gasteiger partial charge in [0.1, 0.15) is 5.60 Å². The van der Waals surface area contributed by atoms with Crippen LogP contribution in [0.15, 0.2) is 5.38 Å². The number of rotatable bonds is 1. The summed E-state index contributed by atoms with van der Waals surface area (Å²) >= 11 is 0.977. The molecule has 1 aromatic rings. The first kappa shape index (κ1) is 15.1. The van der Waals surface area contributed by atoms with E-state index in [9.17, 15) is 18.0 Å². The molecule has 8 heteroatoms. The highest BCUT2D eigenvalue weighted by Crippen LogP contribution is 2.35. The van der Waals surface area contributed by atoms with E-state index in [1.165, 1.54) is 4.90 Å². The second-order valence-corrected chi connectivity index (χ2v) is 6.54. The Kier molecular flexibility index (Phi) is 3.70. The fourth-order valence-electron chi connectivity index (χ4n) is 1.72. The summed E-state index contributed by atoms with van der Waals surface area (Å²) in [6.45, 7) is 5.98. The average molecular weight is 308 g/mol. The Labute approximate surface area is 118 Å². The van der Waals surface area contributed by atoms with Crippen molar-refractivity contribution in [2.24, 2.45) is 0 Å². The number of halogens is 3. The molecule has 112 valence electrons. The summed E-state index contributed by atoms with van der Waals surface area (Å²) in [4.78, 5) is 16.7. The number of carbonyl (C=O) groups excluding carboxylic acids is 1. The molecule has 4 nitrogen and oxygen atoms in total. The fraction of sp³-hybridized carbons (Fsp3) is 0.667. The molecule has 0 radical (unpaired) electrons. The topological polar surface area (TPSA) is 42.4 Å². The minimum Gasteiger partial charge on any atom is -0.444 e. The molecule has 1 aromatic heterocycles. The lowest BCUT2D eigenvalue weighted by Crippen LogP contribution is -2.50. The van der Waals surface area contributed by atoms with Crippen LogP contribution in [0.1, 0.15) is 37.4 Å². The van der Waals surface area contributed by atoms with E-state index in [-0.39, 0.29) is 5.92 Å². The van der Waals surface area contributed by atoms with Crippen LogP contribution in [0.3, 0.4) is 0 Å². The van der Waals surface area contributed by atoms with Gasteiger partial charge in [0.05, 0.1) is 5.01 Å². The largest absolute Gasteiger partial charge is 0.444 e. The molecule has 0 atom stereocenters. The molecule has 2 rings (SSSR count). The van der Waals surface area contributed by atoms with Gasteiger partial charge in [-0.3, -0.25) is 0 Å². The average Bonchev–Trinajstić information content (AvgIpc) is 2.60. The van der Waals surface area contributed by atoms with Gasteiger partial charge in [-0.2, -0.15) is 13.2 Å². The molecular formula is C12H15F3N2O2S. The second-order valence-electron chi connectivity index (χ2n) is 5.65. The van der Waals surface area contributed by atoms with E-state index in [1.54, 1.807) is 20.8 Å². The molecular weight excluding hydrogens is 293 g/mol. The zero-order chi connectivity index (χ0) is 15.1. The SMILES string of the molecule is CC(C)(C)OC(=O)N1CC(c2nc(C(F)(F)F)cs2)C1. The van der Waals surface area contributed by atoms with Crippen molar-refractivity contribution in [3.63, 3.8) is 0 Å². The number of alkyl halides is 3. The molecule has 1 amide bonds. The van der Waals surface area contributed by atoms with Crippen LogP contribution in [0, 0.1) is 0 Å². The first-order valence-electron chi connectivity index (χ1n) is 6.07. The number of likely N-dealkylation sites (tertiary alicyclic amines) is 1. The minimum atomic E-state index is -4.41. The molecule has 0 saturated carbocycles. The highest BCUT2D eigenvalue weighted by molar-refractivity contribution is 7.09. The number of nitrogens with zero attached hydrogens (tertiary/aromatic N) is 2. The van der Waals surface area contributed by atoms with Crippen molar-refractivity contribution in [2.45, 2.75) is 38.5 Å². The molecule has 0 unspecified atom stereocenters. The summed E-state index contributed by atoms with van der Waals surface area (Å²) in [5, 5.41) is 1.42. The van der Waals surface area contributed by atoms with Crippen LogP contribution in [0.4, 0.5) is 18.0 Å². The van der Waals surface area contributed by atoms with Gasteiger partial charge in [0.25, 0.3) is 0 Å². The van der Waals surface area contributed by atoms with Gasteiger partial charge < -0.3 is 9.64 Å². The van der Waals surface area contributed by atoms with E-state index in [2.05, 4.69) is 4.98 Å². The lowest BCUT2D eigenvalue weighted by atomic mass is 10.0. The number of ether oxygens (including phenoxy) is 1. The van der Waals surface area contributed by atoms with Gasteiger partial charge in [-0.25, -0.2) is 9.78 Å². The van der Waals surface area contributed by atoms with Crippen molar-refractivity contribution in [3.05, 3.63) is 16.1 Å². The Morgan fingerprint density at radius 2 is 2.00 bits per heavy atom. The van der Waals surface area contributed by atoms with Crippen molar-refractivity contribution in [1.29, 1.82) is 0 Å². The molecule has 1 aliphatic rings. The number of aromatic nitrogens is 1. The van der Waals surface area contributed by atoms with E-state index in [1.807, 2.05) is 0 Å². The predicted octanol–water partition coefficient (Wildman–Crippen LogP) is 3.50. The third-order valence-electron chi connectivity index (χ3n) is 2.69. The second kappa shape index (κ2) is 4.91. The van der Waals surface area contributed by atoms with E-state index in [0.717, 1.165) is 16.7 Å². The monoisotopic (exact) mass is 308 g/mol. The number of carbonyl (C=O) groups is 1. The van der Waals surface area contributed by atoms with Crippen molar-refractivity contribution in [1.82, 2.24) is 9.88 Å². The van der Waals surface area contributed by atoms with Crippen molar-refractivity contribution in [3.8, 4) is 0 Å². The first-order chi connectivity index (χ1) is 9.06. The normalized spacial score (nSPS) is 17.0. The van der Waals surface area contributed by atoms with E-state index in [4.69, 9.17) is 4.74 Å². The molecule has 20 heavy (non-hydrogen) atoms. The smallest absolute Gasteiger partial charge is 0.434 e. The molecule has 1 saturated heterocycles. The third-order valence-corrected chi connectivity index (χ3v) is 3.70. The van der Waals surface area contributed by atoms with Gasteiger partial charge in [0.2, 0.25) is 0 Å². The quantitative estimate of drug-likeness (QED) is 0.797. The summed E-state index contributed by atoms with van der Waals surface area (Å²) in [5.41, 5.74) is -1.44. The Morgan fingerprint density at radius 3 is 2.45 bits per heavy atom. The summed E-state index contributed by atoms with van der Waals surface area (Å²) in [6.07, 6.45) is -4.86. The zero-order valence-corrected chi connectivity index (χ0v) is 12.1. The first-order valence-corrected chi connectivity index (χ1v) is 6.95.